The minimum Gasteiger partial charge on any atom is -0.394 e. The number of hydrogen-bond donors (Lipinski definition) is 2. The van der Waals surface area contributed by atoms with Gasteiger partial charge in [-0.1, -0.05) is 19.1 Å². The van der Waals surface area contributed by atoms with Crippen LogP contribution in [0.25, 0.3) is 0 Å². The largest absolute Gasteiger partial charge is 0.394 e. The second-order valence-electron chi connectivity index (χ2n) is 4.02. The van der Waals surface area contributed by atoms with Crippen LogP contribution in [0.2, 0.25) is 0 Å². The van der Waals surface area contributed by atoms with Crippen LogP contribution in [0, 0.1) is 5.82 Å². The number of aliphatic hydroxyl groups is 1. The Kier molecular flexibility index (Phi) is 5.55. The summed E-state index contributed by atoms with van der Waals surface area (Å²) in [6.07, 6.45) is 0.721. The molecule has 1 aromatic rings. The van der Waals surface area contributed by atoms with Gasteiger partial charge < -0.3 is 15.2 Å². The monoisotopic (exact) mass is 241 g/mol. The quantitative estimate of drug-likeness (QED) is 0.713. The van der Waals surface area contributed by atoms with Gasteiger partial charge in [0.05, 0.1) is 18.8 Å². The highest BCUT2D eigenvalue weighted by atomic mass is 19.1. The first-order valence-corrected chi connectivity index (χ1v) is 5.79. The lowest BCUT2D eigenvalue weighted by molar-refractivity contribution is 0.134. The second-order valence-corrected chi connectivity index (χ2v) is 4.02. The fourth-order valence-electron chi connectivity index (χ4n) is 1.85. The molecule has 0 bridgehead atoms. The molecule has 1 atom stereocenters. The van der Waals surface area contributed by atoms with E-state index in [1.807, 2.05) is 6.92 Å². The lowest BCUT2D eigenvalue weighted by atomic mass is 9.88. The molecule has 0 amide bonds. The second kappa shape index (κ2) is 6.69. The molecule has 17 heavy (non-hydrogen) atoms. The predicted octanol–water partition coefficient (Wildman–Crippen LogP) is 1.66. The summed E-state index contributed by atoms with van der Waals surface area (Å²) in [6.45, 7) is 3.17. The molecule has 0 heterocycles. The minimum atomic E-state index is -0.522. The Hall–Kier alpha value is -0.970. The molecule has 0 saturated carbocycles. The Morgan fingerprint density at radius 2 is 2.00 bits per heavy atom. The number of ether oxygens (including phenoxy) is 1. The topological polar surface area (TPSA) is 41.5 Å². The molecule has 1 aromatic carbocycles. The van der Waals surface area contributed by atoms with Crippen molar-refractivity contribution >= 4 is 0 Å². The smallest absolute Gasteiger partial charge is 0.123 e. The van der Waals surface area contributed by atoms with Crippen LogP contribution in [-0.4, -0.2) is 32.0 Å². The van der Waals surface area contributed by atoms with Crippen LogP contribution in [-0.2, 0) is 10.3 Å². The van der Waals surface area contributed by atoms with Gasteiger partial charge in [0, 0.05) is 13.7 Å². The third-order valence-electron chi connectivity index (χ3n) is 3.04. The van der Waals surface area contributed by atoms with Crippen molar-refractivity contribution in [2.24, 2.45) is 0 Å². The fraction of sp³-hybridized carbons (Fsp3) is 0.538. The van der Waals surface area contributed by atoms with E-state index >= 15 is 0 Å². The van der Waals surface area contributed by atoms with Gasteiger partial charge in [0.15, 0.2) is 0 Å². The summed E-state index contributed by atoms with van der Waals surface area (Å²) in [4.78, 5) is 0. The lowest BCUT2D eigenvalue weighted by Crippen LogP contribution is -2.46. The molecule has 2 N–H and O–H groups in total. The Morgan fingerprint density at radius 1 is 1.35 bits per heavy atom. The van der Waals surface area contributed by atoms with Crippen molar-refractivity contribution < 1.29 is 14.2 Å². The molecular formula is C13H20FNO2. The van der Waals surface area contributed by atoms with Gasteiger partial charge in [-0.2, -0.15) is 0 Å². The number of halogens is 1. The summed E-state index contributed by atoms with van der Waals surface area (Å²) in [7, 11) is 1.63. The fourth-order valence-corrected chi connectivity index (χ4v) is 1.85. The van der Waals surface area contributed by atoms with E-state index in [0.717, 1.165) is 12.0 Å². The average molecular weight is 241 g/mol. The molecule has 0 aliphatic heterocycles. The highest BCUT2D eigenvalue weighted by molar-refractivity contribution is 5.25. The number of aliphatic hydroxyl groups excluding tert-OH is 1. The molecule has 0 fully saturated rings. The van der Waals surface area contributed by atoms with Crippen molar-refractivity contribution in [2.75, 3.05) is 26.9 Å². The Balaban J connectivity index is 2.85. The predicted molar refractivity (Wildman–Crippen MR) is 65.3 cm³/mol. The molecule has 0 radical (unpaired) electrons. The van der Waals surface area contributed by atoms with Crippen molar-refractivity contribution in [1.82, 2.24) is 5.32 Å². The molecule has 4 heteroatoms. The Labute approximate surface area is 102 Å². The van der Waals surface area contributed by atoms with Crippen molar-refractivity contribution in [2.45, 2.75) is 18.9 Å². The highest BCUT2D eigenvalue weighted by Crippen LogP contribution is 2.24. The molecule has 1 rings (SSSR count). The van der Waals surface area contributed by atoms with Crippen molar-refractivity contribution in [1.29, 1.82) is 0 Å². The number of rotatable bonds is 7. The zero-order valence-corrected chi connectivity index (χ0v) is 10.4. The van der Waals surface area contributed by atoms with Crippen molar-refractivity contribution in [3.63, 3.8) is 0 Å². The van der Waals surface area contributed by atoms with Crippen LogP contribution in [0.1, 0.15) is 18.9 Å². The van der Waals surface area contributed by atoms with E-state index in [-0.39, 0.29) is 12.4 Å². The van der Waals surface area contributed by atoms with Crippen LogP contribution in [0.4, 0.5) is 4.39 Å². The lowest BCUT2D eigenvalue weighted by Gasteiger charge is -2.32. The van der Waals surface area contributed by atoms with Gasteiger partial charge in [-0.15, -0.1) is 0 Å². The molecule has 0 aliphatic carbocycles. The Morgan fingerprint density at radius 3 is 2.47 bits per heavy atom. The average Bonchev–Trinajstić information content (AvgIpc) is 2.37. The highest BCUT2D eigenvalue weighted by Gasteiger charge is 2.28. The first-order valence-electron chi connectivity index (χ1n) is 5.79. The number of nitrogens with one attached hydrogen (secondary N) is 1. The number of hydrogen-bond acceptors (Lipinski definition) is 3. The van der Waals surface area contributed by atoms with E-state index < -0.39 is 5.54 Å². The van der Waals surface area contributed by atoms with E-state index in [9.17, 15) is 9.50 Å². The maximum atomic E-state index is 12.9. The first kappa shape index (κ1) is 14.1. The van der Waals surface area contributed by atoms with Crippen LogP contribution >= 0.6 is 0 Å². The van der Waals surface area contributed by atoms with Gasteiger partial charge in [-0.25, -0.2) is 4.39 Å². The van der Waals surface area contributed by atoms with Gasteiger partial charge in [-0.05, 0) is 24.1 Å². The summed E-state index contributed by atoms with van der Waals surface area (Å²) < 4.78 is 17.9. The minimum absolute atomic E-state index is 0.0289. The van der Waals surface area contributed by atoms with Gasteiger partial charge in [0.1, 0.15) is 5.82 Å². The van der Waals surface area contributed by atoms with Crippen LogP contribution in [0.15, 0.2) is 24.3 Å². The van der Waals surface area contributed by atoms with E-state index in [1.165, 1.54) is 12.1 Å². The summed E-state index contributed by atoms with van der Waals surface area (Å²) in [5, 5.41) is 12.9. The molecular weight excluding hydrogens is 221 g/mol. The number of benzene rings is 1. The summed E-state index contributed by atoms with van der Waals surface area (Å²) >= 11 is 0. The van der Waals surface area contributed by atoms with E-state index in [4.69, 9.17) is 4.74 Å². The summed E-state index contributed by atoms with van der Waals surface area (Å²) in [6, 6.07) is 6.23. The molecule has 0 aliphatic rings. The van der Waals surface area contributed by atoms with Crippen LogP contribution in [0.5, 0.6) is 0 Å². The summed E-state index contributed by atoms with van der Waals surface area (Å²) in [5.74, 6) is -0.270. The number of methoxy groups -OCH3 is 1. The van der Waals surface area contributed by atoms with Crippen LogP contribution < -0.4 is 5.32 Å². The van der Waals surface area contributed by atoms with Gasteiger partial charge in [0.2, 0.25) is 0 Å². The maximum absolute atomic E-state index is 12.9. The first-order chi connectivity index (χ1) is 8.18. The SMILES string of the molecule is CCC(CO)(NCCOC)c1ccc(F)cc1. The van der Waals surface area contributed by atoms with Gasteiger partial charge in [0.25, 0.3) is 0 Å². The van der Waals surface area contributed by atoms with Crippen molar-refractivity contribution in [3.8, 4) is 0 Å². The molecule has 0 saturated heterocycles. The standard InChI is InChI=1S/C13H20FNO2/c1-3-13(10-16,15-8-9-17-2)11-4-6-12(14)7-5-11/h4-7,15-16H,3,8-10H2,1-2H3. The van der Waals surface area contributed by atoms with Crippen molar-refractivity contribution in [3.05, 3.63) is 35.6 Å². The third kappa shape index (κ3) is 3.49. The zero-order chi connectivity index (χ0) is 12.7. The zero-order valence-electron chi connectivity index (χ0n) is 10.4. The van der Waals surface area contributed by atoms with E-state index in [1.54, 1.807) is 19.2 Å². The Bertz CT molecular complexity index is 323. The summed E-state index contributed by atoms with van der Waals surface area (Å²) in [5.41, 5.74) is 0.367. The molecule has 0 spiro atoms. The molecule has 0 aromatic heterocycles. The molecule has 3 nitrogen and oxygen atoms in total. The van der Waals surface area contributed by atoms with E-state index in [0.29, 0.717) is 13.2 Å². The normalized spacial score (nSPS) is 14.6. The van der Waals surface area contributed by atoms with Gasteiger partial charge >= 0.3 is 0 Å². The molecule has 1 unspecified atom stereocenters. The maximum Gasteiger partial charge on any atom is 0.123 e. The molecule has 96 valence electrons. The van der Waals surface area contributed by atoms with Crippen LogP contribution in [0.3, 0.4) is 0 Å². The van der Waals surface area contributed by atoms with E-state index in [2.05, 4.69) is 5.32 Å². The third-order valence-corrected chi connectivity index (χ3v) is 3.04. The van der Waals surface area contributed by atoms with Gasteiger partial charge in [-0.3, -0.25) is 0 Å².